The van der Waals surface area contributed by atoms with Crippen molar-refractivity contribution in [2.75, 3.05) is 23.8 Å². The second kappa shape index (κ2) is 7.41. The molecule has 1 aromatic heterocycles. The summed E-state index contributed by atoms with van der Waals surface area (Å²) in [5, 5.41) is 0. The van der Waals surface area contributed by atoms with E-state index in [2.05, 4.69) is 4.98 Å². The lowest BCUT2D eigenvalue weighted by Crippen LogP contribution is -2.42. The van der Waals surface area contributed by atoms with E-state index in [0.717, 1.165) is 21.0 Å². The number of thiazole rings is 1. The average molecular weight is 385 g/mol. The number of hydrogen-bond donors (Lipinski definition) is 0. The molecule has 0 saturated carbocycles. The standard InChI is InChI=1S/C16H20N2O3S3/c1-2-8-18(12-7-9-24(20,21)11-12)15(19)10-22-16-17-13-5-3-4-6-14(13)23-16/h3-6,12H,2,7-11H2,1H3. The second-order valence-corrected chi connectivity index (χ2v) is 10.4. The summed E-state index contributed by atoms with van der Waals surface area (Å²) in [6.45, 7) is 2.61. The number of sulfone groups is 1. The van der Waals surface area contributed by atoms with E-state index in [4.69, 9.17) is 0 Å². The molecular weight excluding hydrogens is 364 g/mol. The Bertz CT molecular complexity index is 799. The Hall–Kier alpha value is -1.12. The van der Waals surface area contributed by atoms with Gasteiger partial charge < -0.3 is 4.90 Å². The number of carbonyl (C=O) groups is 1. The fourth-order valence-corrected chi connectivity index (χ4v) is 6.58. The predicted octanol–water partition coefficient (Wildman–Crippen LogP) is 2.81. The zero-order chi connectivity index (χ0) is 17.2. The van der Waals surface area contributed by atoms with Crippen LogP contribution in [-0.2, 0) is 14.6 Å². The van der Waals surface area contributed by atoms with Gasteiger partial charge in [-0.15, -0.1) is 11.3 Å². The number of benzene rings is 1. The van der Waals surface area contributed by atoms with E-state index in [-0.39, 0.29) is 23.5 Å². The highest BCUT2D eigenvalue weighted by molar-refractivity contribution is 8.01. The molecule has 1 atom stereocenters. The van der Waals surface area contributed by atoms with Crippen molar-refractivity contribution < 1.29 is 13.2 Å². The van der Waals surface area contributed by atoms with Crippen LogP contribution in [0.2, 0.25) is 0 Å². The quantitative estimate of drug-likeness (QED) is 0.717. The van der Waals surface area contributed by atoms with Gasteiger partial charge in [-0.2, -0.15) is 0 Å². The number of rotatable bonds is 6. The highest BCUT2D eigenvalue weighted by atomic mass is 32.2. The Kier molecular flexibility index (Phi) is 5.46. The molecular formula is C16H20N2O3S3. The van der Waals surface area contributed by atoms with E-state index in [0.29, 0.717) is 18.7 Å². The normalized spacial score (nSPS) is 19.6. The molecule has 1 aliphatic rings. The summed E-state index contributed by atoms with van der Waals surface area (Å²) in [5.41, 5.74) is 0.949. The Morgan fingerprint density at radius 1 is 1.42 bits per heavy atom. The Morgan fingerprint density at radius 2 is 2.21 bits per heavy atom. The van der Waals surface area contributed by atoms with E-state index in [1.807, 2.05) is 31.2 Å². The number of amides is 1. The SMILES string of the molecule is CCCN(C(=O)CSc1nc2ccccc2s1)C1CCS(=O)(=O)C1. The van der Waals surface area contributed by atoms with Gasteiger partial charge in [0.15, 0.2) is 14.2 Å². The van der Waals surface area contributed by atoms with E-state index in [1.165, 1.54) is 11.8 Å². The molecule has 1 amide bonds. The molecule has 2 aromatic rings. The van der Waals surface area contributed by atoms with Crippen LogP contribution < -0.4 is 0 Å². The molecule has 130 valence electrons. The summed E-state index contributed by atoms with van der Waals surface area (Å²) >= 11 is 3.02. The van der Waals surface area contributed by atoms with Gasteiger partial charge in [-0.25, -0.2) is 13.4 Å². The molecule has 8 heteroatoms. The molecule has 24 heavy (non-hydrogen) atoms. The minimum Gasteiger partial charge on any atom is -0.338 e. The molecule has 0 N–H and O–H groups in total. The minimum absolute atomic E-state index is 0.00297. The van der Waals surface area contributed by atoms with Gasteiger partial charge in [-0.3, -0.25) is 4.79 Å². The van der Waals surface area contributed by atoms with Gasteiger partial charge in [0.05, 0.1) is 27.5 Å². The molecule has 0 spiro atoms. The maximum absolute atomic E-state index is 12.6. The summed E-state index contributed by atoms with van der Waals surface area (Å²) in [6.07, 6.45) is 1.38. The number of nitrogens with zero attached hydrogens (tertiary/aromatic N) is 2. The van der Waals surface area contributed by atoms with E-state index in [1.54, 1.807) is 16.2 Å². The smallest absolute Gasteiger partial charge is 0.233 e. The first-order chi connectivity index (χ1) is 11.5. The molecule has 1 unspecified atom stereocenters. The van der Waals surface area contributed by atoms with Crippen LogP contribution >= 0.6 is 23.1 Å². The van der Waals surface area contributed by atoms with Crippen molar-refractivity contribution in [3.63, 3.8) is 0 Å². The Labute approximate surface area is 150 Å². The van der Waals surface area contributed by atoms with Crippen LogP contribution in [0.3, 0.4) is 0 Å². The summed E-state index contributed by atoms with van der Waals surface area (Å²) in [5.74, 6) is 0.597. The average Bonchev–Trinajstić information content (AvgIpc) is 3.12. The predicted molar refractivity (Wildman–Crippen MR) is 99.4 cm³/mol. The lowest BCUT2D eigenvalue weighted by molar-refractivity contribution is -0.130. The van der Waals surface area contributed by atoms with Gasteiger partial charge in [0.2, 0.25) is 5.91 Å². The third-order valence-corrected chi connectivity index (χ3v) is 7.94. The summed E-state index contributed by atoms with van der Waals surface area (Å²) in [6, 6.07) is 7.74. The lowest BCUT2D eigenvalue weighted by Gasteiger charge is -2.27. The van der Waals surface area contributed by atoms with E-state index >= 15 is 0 Å². The third kappa shape index (κ3) is 4.10. The highest BCUT2D eigenvalue weighted by Crippen LogP contribution is 2.30. The molecule has 3 rings (SSSR count). The van der Waals surface area contributed by atoms with Crippen LogP contribution in [0.1, 0.15) is 19.8 Å². The monoisotopic (exact) mass is 384 g/mol. The number of aromatic nitrogens is 1. The first-order valence-electron chi connectivity index (χ1n) is 7.97. The van der Waals surface area contributed by atoms with E-state index < -0.39 is 9.84 Å². The van der Waals surface area contributed by atoms with Gasteiger partial charge in [0, 0.05) is 12.6 Å². The second-order valence-electron chi connectivity index (χ2n) is 5.88. The van der Waals surface area contributed by atoms with Crippen molar-refractivity contribution in [1.29, 1.82) is 0 Å². The molecule has 5 nitrogen and oxygen atoms in total. The molecule has 1 fully saturated rings. The molecule has 0 aliphatic carbocycles. The number of fused-ring (bicyclic) bond motifs is 1. The zero-order valence-corrected chi connectivity index (χ0v) is 15.9. The number of carbonyl (C=O) groups excluding carboxylic acids is 1. The lowest BCUT2D eigenvalue weighted by atomic mass is 10.2. The third-order valence-electron chi connectivity index (χ3n) is 4.03. The molecule has 0 radical (unpaired) electrons. The van der Waals surface area contributed by atoms with Crippen molar-refractivity contribution in [1.82, 2.24) is 9.88 Å². The summed E-state index contributed by atoms with van der Waals surface area (Å²) in [7, 11) is -2.99. The summed E-state index contributed by atoms with van der Waals surface area (Å²) in [4.78, 5) is 18.9. The van der Waals surface area contributed by atoms with E-state index in [9.17, 15) is 13.2 Å². The Morgan fingerprint density at radius 3 is 2.88 bits per heavy atom. The first kappa shape index (κ1) is 17.7. The fourth-order valence-electron chi connectivity index (χ4n) is 2.89. The van der Waals surface area contributed by atoms with Crippen LogP contribution in [0.5, 0.6) is 0 Å². The van der Waals surface area contributed by atoms with Gasteiger partial charge in [0.25, 0.3) is 0 Å². The van der Waals surface area contributed by atoms with Crippen LogP contribution in [0.15, 0.2) is 28.6 Å². The van der Waals surface area contributed by atoms with Gasteiger partial charge in [-0.05, 0) is 25.0 Å². The van der Waals surface area contributed by atoms with Crippen molar-refractivity contribution in [2.24, 2.45) is 0 Å². The fraction of sp³-hybridized carbons (Fsp3) is 0.500. The van der Waals surface area contributed by atoms with Gasteiger partial charge in [-0.1, -0.05) is 30.8 Å². The van der Waals surface area contributed by atoms with Crippen LogP contribution in [0, 0.1) is 0 Å². The van der Waals surface area contributed by atoms with Crippen LogP contribution in [0.25, 0.3) is 10.2 Å². The number of para-hydroxylation sites is 1. The maximum atomic E-state index is 12.6. The molecule has 1 saturated heterocycles. The highest BCUT2D eigenvalue weighted by Gasteiger charge is 2.34. The molecule has 0 bridgehead atoms. The number of hydrogen-bond acceptors (Lipinski definition) is 6. The largest absolute Gasteiger partial charge is 0.338 e. The van der Waals surface area contributed by atoms with Crippen LogP contribution in [-0.4, -0.2) is 54.1 Å². The van der Waals surface area contributed by atoms with Gasteiger partial charge in [0.1, 0.15) is 0 Å². The van der Waals surface area contributed by atoms with Crippen molar-refractivity contribution >= 4 is 49.1 Å². The van der Waals surface area contributed by atoms with Crippen molar-refractivity contribution in [2.45, 2.75) is 30.1 Å². The minimum atomic E-state index is -2.99. The Balaban J connectivity index is 1.65. The zero-order valence-electron chi connectivity index (χ0n) is 13.5. The van der Waals surface area contributed by atoms with Crippen molar-refractivity contribution in [3.05, 3.63) is 24.3 Å². The molecule has 2 heterocycles. The topological polar surface area (TPSA) is 67.3 Å². The number of thioether (sulfide) groups is 1. The maximum Gasteiger partial charge on any atom is 0.233 e. The summed E-state index contributed by atoms with van der Waals surface area (Å²) < 4.78 is 25.4. The first-order valence-corrected chi connectivity index (χ1v) is 11.6. The van der Waals surface area contributed by atoms with Gasteiger partial charge >= 0.3 is 0 Å². The molecule has 1 aromatic carbocycles. The van der Waals surface area contributed by atoms with Crippen molar-refractivity contribution in [3.8, 4) is 0 Å². The van der Waals surface area contributed by atoms with Crippen LogP contribution in [0.4, 0.5) is 0 Å². The molecule has 1 aliphatic heterocycles.